The quantitative estimate of drug-likeness (QED) is 0.425. The van der Waals surface area contributed by atoms with Crippen molar-refractivity contribution < 1.29 is 17.9 Å². The number of benzene rings is 2. The fourth-order valence-electron chi connectivity index (χ4n) is 3.85. The van der Waals surface area contributed by atoms with Crippen molar-refractivity contribution in [1.82, 2.24) is 5.32 Å². The molecule has 0 radical (unpaired) electrons. The molecule has 6 nitrogen and oxygen atoms in total. The molecule has 1 N–H and O–H groups in total. The summed E-state index contributed by atoms with van der Waals surface area (Å²) in [5.41, 5.74) is 0.219. The number of carbonyl (C=O) groups is 1. The highest BCUT2D eigenvalue weighted by Gasteiger charge is 2.29. The third-order valence-electron chi connectivity index (χ3n) is 5.58. The van der Waals surface area contributed by atoms with E-state index in [0.717, 1.165) is 21.7 Å². The first-order valence-electron chi connectivity index (χ1n) is 11.2. The Morgan fingerprint density at radius 2 is 1.88 bits per heavy atom. The maximum Gasteiger partial charge on any atom is 0.264 e. The predicted octanol–water partition coefficient (Wildman–Crippen LogP) is 5.12. The number of anilines is 1. The van der Waals surface area contributed by atoms with Gasteiger partial charge in [-0.15, -0.1) is 0 Å². The first-order chi connectivity index (χ1) is 15.9. The van der Waals surface area contributed by atoms with Crippen molar-refractivity contribution in [3.8, 4) is 5.75 Å². The Balaban J connectivity index is 1.68. The Labute approximate surface area is 206 Å². The van der Waals surface area contributed by atoms with E-state index < -0.39 is 10.0 Å². The summed E-state index contributed by atoms with van der Waals surface area (Å²) in [6.45, 7) is 0.133. The molecule has 0 spiro atoms. The summed E-state index contributed by atoms with van der Waals surface area (Å²) in [5.74, 6) is 0.925. The summed E-state index contributed by atoms with van der Waals surface area (Å²) < 4.78 is 33.3. The number of sulfonamides is 1. The fraction of sp³-hybridized carbons (Fsp3) is 0.458. The number of amides is 1. The number of rotatable bonds is 11. The number of methoxy groups -OCH3 is 1. The number of nitrogens with zero attached hydrogens (tertiary/aromatic N) is 1. The Bertz CT molecular complexity index is 1010. The molecule has 2 aromatic rings. The molecule has 1 aliphatic carbocycles. The van der Waals surface area contributed by atoms with Gasteiger partial charge in [-0.25, -0.2) is 8.42 Å². The van der Waals surface area contributed by atoms with E-state index in [1.165, 1.54) is 57.4 Å². The van der Waals surface area contributed by atoms with E-state index in [1.807, 2.05) is 11.8 Å². The van der Waals surface area contributed by atoms with Gasteiger partial charge >= 0.3 is 0 Å². The van der Waals surface area contributed by atoms with Crippen molar-refractivity contribution in [2.45, 2.75) is 48.7 Å². The second-order valence-electron chi connectivity index (χ2n) is 7.98. The molecule has 0 aliphatic heterocycles. The number of halogens is 1. The molecule has 0 unspecified atom stereocenters. The molecule has 180 valence electrons. The number of ether oxygens (including phenoxy) is 1. The van der Waals surface area contributed by atoms with Crippen molar-refractivity contribution >= 4 is 45.0 Å². The van der Waals surface area contributed by atoms with Crippen molar-refractivity contribution in [3.05, 3.63) is 53.6 Å². The van der Waals surface area contributed by atoms with E-state index in [4.69, 9.17) is 16.3 Å². The average molecular weight is 511 g/mol. The molecular formula is C24H31ClN2O4S2. The zero-order valence-electron chi connectivity index (χ0n) is 18.8. The summed E-state index contributed by atoms with van der Waals surface area (Å²) in [7, 11) is -2.57. The van der Waals surface area contributed by atoms with Gasteiger partial charge in [0.05, 0.1) is 17.7 Å². The average Bonchev–Trinajstić information content (AvgIpc) is 2.83. The van der Waals surface area contributed by atoms with E-state index in [0.29, 0.717) is 17.3 Å². The van der Waals surface area contributed by atoms with Crippen LogP contribution in [0.2, 0.25) is 5.02 Å². The van der Waals surface area contributed by atoms with Crippen LogP contribution in [0.15, 0.2) is 53.4 Å². The number of hydrogen-bond donors (Lipinski definition) is 1. The minimum atomic E-state index is -4.02. The molecular weight excluding hydrogens is 480 g/mol. The van der Waals surface area contributed by atoms with Crippen LogP contribution in [0.3, 0.4) is 0 Å². The molecule has 0 saturated heterocycles. The van der Waals surface area contributed by atoms with Gasteiger partial charge < -0.3 is 10.1 Å². The Hall–Kier alpha value is -1.90. The van der Waals surface area contributed by atoms with Crippen LogP contribution < -0.4 is 14.4 Å². The Morgan fingerprint density at radius 3 is 2.58 bits per heavy atom. The number of thioether (sulfide) groups is 1. The van der Waals surface area contributed by atoms with Crippen molar-refractivity contribution in [2.75, 3.05) is 30.3 Å². The molecule has 1 aliphatic rings. The first-order valence-corrected chi connectivity index (χ1v) is 14.1. The van der Waals surface area contributed by atoms with Crippen LogP contribution in [0.1, 0.15) is 38.5 Å². The summed E-state index contributed by atoms with van der Waals surface area (Å²) in [4.78, 5) is 12.8. The first kappa shape index (κ1) is 25.7. The zero-order valence-corrected chi connectivity index (χ0v) is 21.2. The van der Waals surface area contributed by atoms with E-state index in [2.05, 4.69) is 5.32 Å². The normalized spacial score (nSPS) is 14.6. The smallest absolute Gasteiger partial charge is 0.264 e. The van der Waals surface area contributed by atoms with Crippen LogP contribution in [-0.2, 0) is 14.8 Å². The minimum absolute atomic E-state index is 0.0868. The summed E-state index contributed by atoms with van der Waals surface area (Å²) in [6, 6.07) is 12.7. The van der Waals surface area contributed by atoms with Gasteiger partial charge in [-0.2, -0.15) is 11.8 Å². The van der Waals surface area contributed by atoms with Gasteiger partial charge in [-0.3, -0.25) is 9.10 Å². The maximum absolute atomic E-state index is 13.4. The highest BCUT2D eigenvalue weighted by molar-refractivity contribution is 7.99. The van der Waals surface area contributed by atoms with Gasteiger partial charge in [0.15, 0.2) is 0 Å². The third kappa shape index (κ3) is 7.29. The molecule has 2 aromatic carbocycles. The second kappa shape index (κ2) is 12.5. The van der Waals surface area contributed by atoms with Gasteiger partial charge in [0.25, 0.3) is 10.0 Å². The fourth-order valence-corrected chi connectivity index (χ4v) is 6.77. The number of nitrogens with one attached hydrogen (secondary N) is 1. The van der Waals surface area contributed by atoms with Gasteiger partial charge in [-0.05, 0) is 55.3 Å². The second-order valence-corrected chi connectivity index (χ2v) is 11.7. The monoisotopic (exact) mass is 510 g/mol. The molecule has 3 rings (SSSR count). The van der Waals surface area contributed by atoms with Crippen molar-refractivity contribution in [3.63, 3.8) is 0 Å². The summed E-state index contributed by atoms with van der Waals surface area (Å²) >= 11 is 8.13. The van der Waals surface area contributed by atoms with E-state index in [1.54, 1.807) is 30.3 Å². The molecule has 0 atom stereocenters. The van der Waals surface area contributed by atoms with Crippen molar-refractivity contribution in [2.24, 2.45) is 0 Å². The zero-order chi connectivity index (χ0) is 23.7. The highest BCUT2D eigenvalue weighted by Crippen LogP contribution is 2.34. The molecule has 0 bridgehead atoms. The predicted molar refractivity (Wildman–Crippen MR) is 136 cm³/mol. The number of hydrogen-bond acceptors (Lipinski definition) is 5. The lowest BCUT2D eigenvalue weighted by atomic mass is 10.0. The highest BCUT2D eigenvalue weighted by atomic mass is 35.5. The van der Waals surface area contributed by atoms with E-state index in [-0.39, 0.29) is 23.0 Å². The standard InChI is InChI=1S/C24H31ClN2O4S2/c1-31-23-14-13-19(25)17-22(23)27(33(29,30)21-11-6-3-7-12-21)18-24(28)26-15-8-16-32-20-9-4-2-5-10-20/h3,6-7,11-14,17,20H,2,4-5,8-10,15-16,18H2,1H3,(H,26,28). The van der Waals surface area contributed by atoms with Gasteiger partial charge in [0.2, 0.25) is 5.91 Å². The maximum atomic E-state index is 13.4. The van der Waals surface area contributed by atoms with Crippen LogP contribution in [0.5, 0.6) is 5.75 Å². The van der Waals surface area contributed by atoms with Crippen LogP contribution in [0.25, 0.3) is 0 Å². The van der Waals surface area contributed by atoms with E-state index in [9.17, 15) is 13.2 Å². The molecule has 1 saturated carbocycles. The minimum Gasteiger partial charge on any atom is -0.495 e. The molecule has 0 heterocycles. The van der Waals surface area contributed by atoms with Crippen molar-refractivity contribution in [1.29, 1.82) is 0 Å². The Morgan fingerprint density at radius 1 is 1.15 bits per heavy atom. The summed E-state index contributed by atoms with van der Waals surface area (Å²) in [6.07, 6.45) is 7.38. The van der Waals surface area contributed by atoms with Crippen LogP contribution >= 0.6 is 23.4 Å². The lowest BCUT2D eigenvalue weighted by Crippen LogP contribution is -2.41. The Kier molecular flexibility index (Phi) is 9.77. The van der Waals surface area contributed by atoms with Crippen LogP contribution in [0.4, 0.5) is 5.69 Å². The lowest BCUT2D eigenvalue weighted by Gasteiger charge is -2.26. The third-order valence-corrected chi connectivity index (χ3v) is 9.05. The van der Waals surface area contributed by atoms with Gasteiger partial charge in [0.1, 0.15) is 12.3 Å². The van der Waals surface area contributed by atoms with Gasteiger partial charge in [-0.1, -0.05) is 49.1 Å². The molecule has 9 heteroatoms. The van der Waals surface area contributed by atoms with Crippen LogP contribution in [0, 0.1) is 0 Å². The van der Waals surface area contributed by atoms with Gasteiger partial charge in [0, 0.05) is 16.8 Å². The summed E-state index contributed by atoms with van der Waals surface area (Å²) in [5, 5.41) is 3.94. The van der Waals surface area contributed by atoms with E-state index >= 15 is 0 Å². The SMILES string of the molecule is COc1ccc(Cl)cc1N(CC(=O)NCCCSC1CCCCC1)S(=O)(=O)c1ccccc1. The molecule has 0 aromatic heterocycles. The lowest BCUT2D eigenvalue weighted by molar-refractivity contribution is -0.119. The molecule has 1 amide bonds. The van der Waals surface area contributed by atoms with Crippen LogP contribution in [-0.4, -0.2) is 45.5 Å². The number of carbonyl (C=O) groups excluding carboxylic acids is 1. The topological polar surface area (TPSA) is 75.7 Å². The molecule has 1 fully saturated rings. The largest absolute Gasteiger partial charge is 0.495 e. The molecule has 33 heavy (non-hydrogen) atoms.